The summed E-state index contributed by atoms with van der Waals surface area (Å²) in [5.74, 6) is 1.14. The van der Waals surface area contributed by atoms with Crippen molar-refractivity contribution in [1.82, 2.24) is 4.98 Å². The first kappa shape index (κ1) is 17.6. The molecule has 0 amide bonds. The summed E-state index contributed by atoms with van der Waals surface area (Å²) in [6.07, 6.45) is 1.87. The Kier molecular flexibility index (Phi) is 4.00. The number of aromatic amines is 1. The summed E-state index contributed by atoms with van der Waals surface area (Å²) in [7, 11) is 0. The number of fused-ring (bicyclic) bond motifs is 1. The van der Waals surface area contributed by atoms with Crippen molar-refractivity contribution in [3.8, 4) is 5.75 Å². The Hall–Kier alpha value is -2.79. The molecule has 0 aliphatic carbocycles. The van der Waals surface area contributed by atoms with Crippen LogP contribution in [0.4, 0.5) is 22.9 Å². The fourth-order valence-electron chi connectivity index (χ4n) is 3.41. The monoisotopic (exact) mass is 382 g/mol. The Morgan fingerprint density at radius 1 is 1.04 bits per heavy atom. The topological polar surface area (TPSA) is 54.5 Å². The number of aromatic hydroxyl groups is 1. The third kappa shape index (κ3) is 2.98. The lowest BCUT2D eigenvalue weighted by molar-refractivity contribution is 0.446. The third-order valence-corrected chi connectivity index (χ3v) is 4.93. The van der Waals surface area contributed by atoms with Gasteiger partial charge in [-0.2, -0.15) is 5.12 Å². The average Bonchev–Trinajstić information content (AvgIpc) is 3.22. The Morgan fingerprint density at radius 2 is 1.81 bits per heavy atom. The number of halogens is 1. The number of hydrogen-bond donors (Lipinski definition) is 3. The van der Waals surface area contributed by atoms with Gasteiger partial charge in [0.2, 0.25) is 0 Å². The number of phenols is 1. The van der Waals surface area contributed by atoms with E-state index in [9.17, 15) is 5.11 Å². The van der Waals surface area contributed by atoms with E-state index in [4.69, 9.17) is 11.6 Å². The van der Waals surface area contributed by atoms with Crippen molar-refractivity contribution in [2.24, 2.45) is 0 Å². The highest BCUT2D eigenvalue weighted by molar-refractivity contribution is 6.31. The van der Waals surface area contributed by atoms with Crippen molar-refractivity contribution >= 4 is 34.5 Å². The van der Waals surface area contributed by atoms with Crippen molar-refractivity contribution < 1.29 is 5.11 Å². The average molecular weight is 383 g/mol. The Bertz CT molecular complexity index is 992. The van der Waals surface area contributed by atoms with Crippen LogP contribution in [-0.4, -0.2) is 10.1 Å². The van der Waals surface area contributed by atoms with E-state index in [1.54, 1.807) is 0 Å². The summed E-state index contributed by atoms with van der Waals surface area (Å²) in [6.45, 7) is 8.33. The van der Waals surface area contributed by atoms with Crippen LogP contribution in [0.1, 0.15) is 31.9 Å². The van der Waals surface area contributed by atoms with Gasteiger partial charge in [0, 0.05) is 16.8 Å². The van der Waals surface area contributed by atoms with Crippen LogP contribution in [0.5, 0.6) is 5.75 Å². The molecule has 5 nitrogen and oxygen atoms in total. The second-order valence-electron chi connectivity index (χ2n) is 7.88. The number of aromatic nitrogens is 1. The predicted octanol–water partition coefficient (Wildman–Crippen LogP) is 5.88. The fraction of sp³-hybridized carbons (Fsp3) is 0.238. The van der Waals surface area contributed by atoms with Gasteiger partial charge in [0.1, 0.15) is 17.3 Å². The van der Waals surface area contributed by atoms with Gasteiger partial charge >= 0.3 is 0 Å². The lowest BCUT2D eigenvalue weighted by atomic mass is 9.85. The van der Waals surface area contributed by atoms with Gasteiger partial charge in [-0.05, 0) is 54.3 Å². The summed E-state index contributed by atoms with van der Waals surface area (Å²) >= 11 is 6.20. The lowest BCUT2D eigenvalue weighted by Gasteiger charge is -2.32. The maximum atomic E-state index is 11.1. The molecular weight excluding hydrogens is 360 g/mol. The van der Waals surface area contributed by atoms with Crippen molar-refractivity contribution in [1.29, 1.82) is 0 Å². The molecule has 3 aromatic rings. The van der Waals surface area contributed by atoms with Crippen molar-refractivity contribution in [2.75, 3.05) is 15.6 Å². The minimum Gasteiger partial charge on any atom is -0.505 e. The van der Waals surface area contributed by atoms with E-state index in [-0.39, 0.29) is 11.2 Å². The zero-order chi connectivity index (χ0) is 19.3. The SMILES string of the molecule is Cc1cc(N2Nc3cc(Cl)ccc3N2c2ccc[nH]2)c(O)c(C(C)(C)C)c1. The van der Waals surface area contributed by atoms with E-state index in [0.717, 1.165) is 28.3 Å². The lowest BCUT2D eigenvalue weighted by Crippen LogP contribution is -2.39. The number of hydrogen-bond acceptors (Lipinski definition) is 4. The van der Waals surface area contributed by atoms with E-state index in [0.29, 0.717) is 10.7 Å². The third-order valence-electron chi connectivity index (χ3n) is 4.69. The van der Waals surface area contributed by atoms with Crippen molar-refractivity contribution in [3.05, 3.63) is 64.8 Å². The fourth-order valence-corrected chi connectivity index (χ4v) is 3.58. The smallest absolute Gasteiger partial charge is 0.146 e. The number of nitrogens with one attached hydrogen (secondary N) is 2. The van der Waals surface area contributed by atoms with Gasteiger partial charge in [0.05, 0.1) is 11.4 Å². The molecule has 0 bridgehead atoms. The molecule has 2 heterocycles. The first-order chi connectivity index (χ1) is 12.8. The number of anilines is 4. The highest BCUT2D eigenvalue weighted by atomic mass is 35.5. The van der Waals surface area contributed by atoms with Crippen LogP contribution in [0.25, 0.3) is 0 Å². The first-order valence-electron chi connectivity index (χ1n) is 8.89. The van der Waals surface area contributed by atoms with E-state index in [1.807, 2.05) is 65.7 Å². The van der Waals surface area contributed by atoms with Crippen LogP contribution in [0.2, 0.25) is 5.02 Å². The number of H-pyrrole nitrogens is 1. The van der Waals surface area contributed by atoms with Crippen molar-refractivity contribution in [3.63, 3.8) is 0 Å². The highest BCUT2D eigenvalue weighted by Gasteiger charge is 2.33. The normalized spacial score (nSPS) is 13.7. The molecule has 140 valence electrons. The molecule has 1 aliphatic rings. The van der Waals surface area contributed by atoms with Gasteiger partial charge in [0.25, 0.3) is 0 Å². The molecule has 0 saturated heterocycles. The number of nitrogens with zero attached hydrogens (tertiary/aromatic N) is 2. The van der Waals surface area contributed by atoms with Gasteiger partial charge in [-0.1, -0.05) is 38.4 Å². The maximum absolute atomic E-state index is 11.1. The molecule has 0 atom stereocenters. The number of aryl methyl sites for hydroxylation is 1. The number of phenolic OH excluding ortho intramolecular Hbond substituents is 1. The van der Waals surface area contributed by atoms with Gasteiger partial charge in [-0.25, -0.2) is 5.01 Å². The van der Waals surface area contributed by atoms with E-state index in [1.165, 1.54) is 0 Å². The quantitative estimate of drug-likeness (QED) is 0.518. The molecule has 1 aliphatic heterocycles. The second kappa shape index (κ2) is 6.13. The molecule has 0 unspecified atom stereocenters. The van der Waals surface area contributed by atoms with Crippen LogP contribution >= 0.6 is 11.6 Å². The molecular formula is C21H23ClN4O. The molecule has 27 heavy (non-hydrogen) atoms. The Balaban J connectivity index is 1.90. The zero-order valence-corrected chi connectivity index (χ0v) is 16.6. The highest BCUT2D eigenvalue weighted by Crippen LogP contribution is 2.46. The molecule has 3 N–H and O–H groups in total. The standard InChI is InChI=1S/C21H23ClN4O/c1-13-10-15(21(2,3)4)20(27)18(11-13)26-24-16-12-14(22)7-8-17(16)25(26)19-6-5-9-23-19/h5-12,23-24,27H,1-4H3. The molecule has 1 aromatic heterocycles. The first-order valence-corrected chi connectivity index (χ1v) is 9.27. The summed E-state index contributed by atoms with van der Waals surface area (Å²) < 4.78 is 0. The van der Waals surface area contributed by atoms with Gasteiger partial charge in [0.15, 0.2) is 0 Å². The molecule has 2 aromatic carbocycles. The number of benzene rings is 2. The van der Waals surface area contributed by atoms with Crippen LogP contribution in [-0.2, 0) is 5.41 Å². The minimum absolute atomic E-state index is 0.183. The molecule has 0 fully saturated rings. The largest absolute Gasteiger partial charge is 0.505 e. The summed E-state index contributed by atoms with van der Waals surface area (Å²) in [4.78, 5) is 3.24. The minimum atomic E-state index is -0.183. The van der Waals surface area contributed by atoms with E-state index < -0.39 is 0 Å². The van der Waals surface area contributed by atoms with Crippen LogP contribution in [0.3, 0.4) is 0 Å². The second-order valence-corrected chi connectivity index (χ2v) is 8.32. The van der Waals surface area contributed by atoms with Crippen LogP contribution < -0.4 is 15.6 Å². The van der Waals surface area contributed by atoms with Gasteiger partial charge in [-0.15, -0.1) is 0 Å². The molecule has 0 spiro atoms. The Labute approximate surface area is 164 Å². The van der Waals surface area contributed by atoms with Gasteiger partial charge in [-0.3, -0.25) is 5.43 Å². The molecule has 6 heteroatoms. The Morgan fingerprint density at radius 3 is 2.48 bits per heavy atom. The summed E-state index contributed by atoms with van der Waals surface area (Å²) in [6, 6.07) is 13.6. The van der Waals surface area contributed by atoms with Crippen LogP contribution in [0.15, 0.2) is 48.7 Å². The van der Waals surface area contributed by atoms with E-state index in [2.05, 4.69) is 31.2 Å². The van der Waals surface area contributed by atoms with Crippen molar-refractivity contribution in [2.45, 2.75) is 33.1 Å². The summed E-state index contributed by atoms with van der Waals surface area (Å²) in [5, 5.41) is 15.6. The van der Waals surface area contributed by atoms with Crippen LogP contribution in [0, 0.1) is 6.92 Å². The number of rotatable bonds is 2. The molecule has 0 radical (unpaired) electrons. The molecule has 0 saturated carbocycles. The molecule has 4 rings (SSSR count). The summed E-state index contributed by atoms with van der Waals surface area (Å²) in [5.41, 5.74) is 7.67. The zero-order valence-electron chi connectivity index (χ0n) is 15.8. The van der Waals surface area contributed by atoms with E-state index >= 15 is 0 Å². The predicted molar refractivity (Wildman–Crippen MR) is 112 cm³/mol. The maximum Gasteiger partial charge on any atom is 0.146 e. The van der Waals surface area contributed by atoms with Gasteiger partial charge < -0.3 is 10.1 Å². The number of hydrazine groups is 2.